The van der Waals surface area contributed by atoms with Gasteiger partial charge in [-0.2, -0.15) is 0 Å². The van der Waals surface area contributed by atoms with Crippen molar-refractivity contribution in [2.75, 3.05) is 19.7 Å². The number of rotatable bonds is 3. The summed E-state index contributed by atoms with van der Waals surface area (Å²) in [6.07, 6.45) is 8.24. The quantitative estimate of drug-likeness (QED) is 0.803. The van der Waals surface area contributed by atoms with E-state index >= 15 is 0 Å². The first-order chi connectivity index (χ1) is 10.1. The largest absolute Gasteiger partial charge is 0.375 e. The maximum Gasteiger partial charge on any atom is 0.222 e. The van der Waals surface area contributed by atoms with Gasteiger partial charge in [0, 0.05) is 26.0 Å². The summed E-state index contributed by atoms with van der Waals surface area (Å²) in [6, 6.07) is 0. The zero-order chi connectivity index (χ0) is 14.9. The summed E-state index contributed by atoms with van der Waals surface area (Å²) in [4.78, 5) is 14.6. The molecule has 1 saturated carbocycles. The van der Waals surface area contributed by atoms with Crippen LogP contribution in [0.15, 0.2) is 0 Å². The van der Waals surface area contributed by atoms with Gasteiger partial charge in [-0.1, -0.05) is 25.7 Å². The molecule has 3 fully saturated rings. The Morgan fingerprint density at radius 2 is 2.05 bits per heavy atom. The molecule has 0 bridgehead atoms. The Bertz CT molecular complexity index is 380. The fourth-order valence-electron chi connectivity index (χ4n) is 4.27. The third-order valence-corrected chi connectivity index (χ3v) is 5.60. The zero-order valence-electron chi connectivity index (χ0n) is 13.5. The summed E-state index contributed by atoms with van der Waals surface area (Å²) < 4.78 is 11.9. The summed E-state index contributed by atoms with van der Waals surface area (Å²) in [5, 5.41) is 0. The summed E-state index contributed by atoms with van der Waals surface area (Å²) in [6.45, 7) is 6.34. The van der Waals surface area contributed by atoms with Gasteiger partial charge in [0.25, 0.3) is 0 Å². The summed E-state index contributed by atoms with van der Waals surface area (Å²) in [5.74, 6) is 1.10. The number of hydrogen-bond donors (Lipinski definition) is 0. The molecule has 0 unspecified atom stereocenters. The Balaban J connectivity index is 1.57. The maximum absolute atomic E-state index is 12.6. The van der Waals surface area contributed by atoms with Crippen molar-refractivity contribution in [3.05, 3.63) is 0 Å². The first kappa shape index (κ1) is 15.3. The molecule has 0 N–H and O–H groups in total. The fourth-order valence-corrected chi connectivity index (χ4v) is 4.27. The second-order valence-corrected chi connectivity index (χ2v) is 7.22. The van der Waals surface area contributed by atoms with Gasteiger partial charge >= 0.3 is 0 Å². The standard InChI is InChI=1S/C17H29NO3/c1-13-11-18(12-17(21-13)9-10-20-14(17)2)16(19)8-7-15-5-3-4-6-15/h13-15H,3-12H2,1-2H3/t13-,14-,17-/m1/s1. The lowest BCUT2D eigenvalue weighted by atomic mass is 9.92. The Morgan fingerprint density at radius 3 is 2.71 bits per heavy atom. The third kappa shape index (κ3) is 3.26. The second-order valence-electron chi connectivity index (χ2n) is 7.22. The molecule has 21 heavy (non-hydrogen) atoms. The third-order valence-electron chi connectivity index (χ3n) is 5.60. The summed E-state index contributed by atoms with van der Waals surface area (Å²) in [5.41, 5.74) is -0.263. The molecule has 0 aromatic carbocycles. The highest BCUT2D eigenvalue weighted by atomic mass is 16.6. The lowest BCUT2D eigenvalue weighted by molar-refractivity contribution is -0.179. The van der Waals surface area contributed by atoms with E-state index in [1.165, 1.54) is 25.7 Å². The molecule has 4 nitrogen and oxygen atoms in total. The molecular formula is C17H29NO3. The highest BCUT2D eigenvalue weighted by molar-refractivity contribution is 5.76. The molecule has 0 radical (unpaired) electrons. The fraction of sp³-hybridized carbons (Fsp3) is 0.941. The molecule has 2 heterocycles. The highest BCUT2D eigenvalue weighted by Gasteiger charge is 2.48. The predicted octanol–water partition coefficient (Wildman–Crippen LogP) is 2.75. The van der Waals surface area contributed by atoms with E-state index in [-0.39, 0.29) is 17.8 Å². The Labute approximate surface area is 128 Å². The van der Waals surface area contributed by atoms with Crippen LogP contribution in [0.3, 0.4) is 0 Å². The van der Waals surface area contributed by atoms with Gasteiger partial charge in [0.1, 0.15) is 5.60 Å². The number of morpholine rings is 1. The number of carbonyl (C=O) groups is 1. The van der Waals surface area contributed by atoms with E-state index in [0.717, 1.165) is 31.9 Å². The summed E-state index contributed by atoms with van der Waals surface area (Å²) >= 11 is 0. The first-order valence-electron chi connectivity index (χ1n) is 8.66. The van der Waals surface area contributed by atoms with Crippen LogP contribution in [0.2, 0.25) is 0 Å². The van der Waals surface area contributed by atoms with Crippen LogP contribution >= 0.6 is 0 Å². The van der Waals surface area contributed by atoms with Crippen molar-refractivity contribution in [2.24, 2.45) is 5.92 Å². The lowest BCUT2D eigenvalue weighted by Crippen LogP contribution is -2.59. The number of nitrogens with zero attached hydrogens (tertiary/aromatic N) is 1. The number of amides is 1. The Hall–Kier alpha value is -0.610. The van der Waals surface area contributed by atoms with Gasteiger partial charge in [0.15, 0.2) is 0 Å². The topological polar surface area (TPSA) is 38.8 Å². The van der Waals surface area contributed by atoms with Crippen molar-refractivity contribution in [2.45, 2.75) is 76.6 Å². The monoisotopic (exact) mass is 295 g/mol. The molecule has 2 aliphatic heterocycles. The Morgan fingerprint density at radius 1 is 1.29 bits per heavy atom. The average molecular weight is 295 g/mol. The second kappa shape index (κ2) is 6.25. The molecule has 1 amide bonds. The van der Waals surface area contributed by atoms with Crippen LogP contribution in [0.5, 0.6) is 0 Å². The van der Waals surface area contributed by atoms with Crippen LogP contribution in [-0.4, -0.2) is 48.3 Å². The molecule has 1 aliphatic carbocycles. The molecule has 1 spiro atoms. The molecule has 3 atom stereocenters. The van der Waals surface area contributed by atoms with Gasteiger partial charge < -0.3 is 14.4 Å². The molecule has 0 aromatic rings. The van der Waals surface area contributed by atoms with Gasteiger partial charge in [0.05, 0.1) is 18.8 Å². The summed E-state index contributed by atoms with van der Waals surface area (Å²) in [7, 11) is 0. The van der Waals surface area contributed by atoms with E-state index in [2.05, 4.69) is 13.8 Å². The van der Waals surface area contributed by atoms with Crippen molar-refractivity contribution >= 4 is 5.91 Å². The Kier molecular flexibility index (Phi) is 4.55. The van der Waals surface area contributed by atoms with E-state index in [0.29, 0.717) is 18.9 Å². The van der Waals surface area contributed by atoms with Crippen molar-refractivity contribution in [1.29, 1.82) is 0 Å². The van der Waals surface area contributed by atoms with Gasteiger partial charge in [-0.15, -0.1) is 0 Å². The zero-order valence-corrected chi connectivity index (χ0v) is 13.5. The minimum atomic E-state index is -0.263. The van der Waals surface area contributed by atoms with E-state index < -0.39 is 0 Å². The molecule has 3 rings (SSSR count). The van der Waals surface area contributed by atoms with Gasteiger partial charge in [-0.05, 0) is 26.2 Å². The minimum absolute atomic E-state index is 0.0883. The van der Waals surface area contributed by atoms with E-state index in [1.54, 1.807) is 0 Å². The SMILES string of the molecule is C[C@@H]1CN(C(=O)CCC2CCCC2)C[C@@]2(CCO[C@@H]2C)O1. The van der Waals surface area contributed by atoms with E-state index in [4.69, 9.17) is 9.47 Å². The predicted molar refractivity (Wildman–Crippen MR) is 81.1 cm³/mol. The number of carbonyl (C=O) groups excluding carboxylic acids is 1. The smallest absolute Gasteiger partial charge is 0.222 e. The molecule has 3 aliphatic rings. The minimum Gasteiger partial charge on any atom is -0.375 e. The molecule has 2 saturated heterocycles. The van der Waals surface area contributed by atoms with Crippen LogP contribution in [0.25, 0.3) is 0 Å². The van der Waals surface area contributed by atoms with Gasteiger partial charge in [-0.25, -0.2) is 0 Å². The number of ether oxygens (including phenoxy) is 2. The van der Waals surface area contributed by atoms with Crippen molar-refractivity contribution in [1.82, 2.24) is 4.90 Å². The van der Waals surface area contributed by atoms with Crippen LogP contribution < -0.4 is 0 Å². The van der Waals surface area contributed by atoms with Crippen molar-refractivity contribution in [3.8, 4) is 0 Å². The normalized spacial score (nSPS) is 37.5. The van der Waals surface area contributed by atoms with Crippen LogP contribution in [0.1, 0.15) is 58.8 Å². The lowest BCUT2D eigenvalue weighted by Gasteiger charge is -2.45. The van der Waals surface area contributed by atoms with E-state index in [1.807, 2.05) is 4.90 Å². The van der Waals surface area contributed by atoms with Crippen molar-refractivity contribution in [3.63, 3.8) is 0 Å². The van der Waals surface area contributed by atoms with Crippen molar-refractivity contribution < 1.29 is 14.3 Å². The van der Waals surface area contributed by atoms with Crippen LogP contribution in [0.4, 0.5) is 0 Å². The average Bonchev–Trinajstić information content (AvgIpc) is 3.07. The van der Waals surface area contributed by atoms with Gasteiger partial charge in [0.2, 0.25) is 5.91 Å². The molecule has 120 valence electrons. The maximum atomic E-state index is 12.6. The number of hydrogen-bond acceptors (Lipinski definition) is 3. The molecular weight excluding hydrogens is 266 g/mol. The first-order valence-corrected chi connectivity index (χ1v) is 8.66. The van der Waals surface area contributed by atoms with Gasteiger partial charge in [-0.3, -0.25) is 4.79 Å². The van der Waals surface area contributed by atoms with E-state index in [9.17, 15) is 4.79 Å². The molecule has 4 heteroatoms. The van der Waals surface area contributed by atoms with Crippen LogP contribution in [-0.2, 0) is 14.3 Å². The highest BCUT2D eigenvalue weighted by Crippen LogP contribution is 2.35. The van der Waals surface area contributed by atoms with Crippen LogP contribution in [0, 0.1) is 5.92 Å². The molecule has 0 aromatic heterocycles.